The zero-order valence-electron chi connectivity index (χ0n) is 6.41. The smallest absolute Gasteiger partial charge is 0.324 e. The summed E-state index contributed by atoms with van der Waals surface area (Å²) in [5, 5.41) is 4.26. The summed E-state index contributed by atoms with van der Waals surface area (Å²) in [6.45, 7) is 0. The molecule has 1 saturated carbocycles. The SMILES string of the molecule is Cn1ccc([C@@H]2[CH-]C2)n1.[K+]. The minimum atomic E-state index is 0. The Morgan fingerprint density at radius 3 is 2.90 bits per heavy atom. The number of aromatic nitrogens is 2. The van der Waals surface area contributed by atoms with Crippen molar-refractivity contribution < 1.29 is 51.4 Å². The van der Waals surface area contributed by atoms with Gasteiger partial charge in [0.25, 0.3) is 0 Å². The molecular formula is C7H9KN2. The van der Waals surface area contributed by atoms with Gasteiger partial charge in [0, 0.05) is 18.9 Å². The van der Waals surface area contributed by atoms with Crippen LogP contribution in [0.4, 0.5) is 0 Å². The van der Waals surface area contributed by atoms with E-state index in [0.29, 0.717) is 5.92 Å². The van der Waals surface area contributed by atoms with Gasteiger partial charge in [-0.1, -0.05) is 0 Å². The predicted molar refractivity (Wildman–Crippen MR) is 34.9 cm³/mol. The van der Waals surface area contributed by atoms with E-state index in [1.54, 1.807) is 0 Å². The van der Waals surface area contributed by atoms with Gasteiger partial charge in [0.05, 0.1) is 0 Å². The van der Waals surface area contributed by atoms with Gasteiger partial charge in [-0.3, -0.25) is 4.68 Å². The molecule has 0 saturated heterocycles. The third-order valence-electron chi connectivity index (χ3n) is 1.59. The van der Waals surface area contributed by atoms with E-state index in [1.807, 2.05) is 17.9 Å². The van der Waals surface area contributed by atoms with E-state index >= 15 is 0 Å². The van der Waals surface area contributed by atoms with Crippen LogP contribution in [0, 0.1) is 6.42 Å². The molecule has 0 aliphatic heterocycles. The summed E-state index contributed by atoms with van der Waals surface area (Å²) < 4.78 is 1.85. The van der Waals surface area contributed by atoms with Gasteiger partial charge in [0.1, 0.15) is 0 Å². The second-order valence-electron chi connectivity index (χ2n) is 2.49. The Morgan fingerprint density at radius 1 is 1.80 bits per heavy atom. The quantitative estimate of drug-likeness (QED) is 0.347. The summed E-state index contributed by atoms with van der Waals surface area (Å²) in [6.07, 6.45) is 5.47. The van der Waals surface area contributed by atoms with Crippen LogP contribution < -0.4 is 51.4 Å². The minimum absolute atomic E-state index is 0. The molecule has 0 aromatic carbocycles. The molecular weight excluding hydrogens is 151 g/mol. The summed E-state index contributed by atoms with van der Waals surface area (Å²) in [7, 11) is 1.95. The number of hydrogen-bond acceptors (Lipinski definition) is 1. The molecule has 0 bridgehead atoms. The molecule has 0 amide bonds. The van der Waals surface area contributed by atoms with Crippen molar-refractivity contribution in [3.63, 3.8) is 0 Å². The molecule has 48 valence electrons. The van der Waals surface area contributed by atoms with Crippen molar-refractivity contribution in [1.29, 1.82) is 0 Å². The van der Waals surface area contributed by atoms with Crippen molar-refractivity contribution in [3.8, 4) is 0 Å². The van der Waals surface area contributed by atoms with Gasteiger partial charge in [-0.25, -0.2) is 0 Å². The molecule has 1 aliphatic rings. The minimum Gasteiger partial charge on any atom is -0.324 e. The number of hydrogen-bond donors (Lipinski definition) is 0. The molecule has 2 rings (SSSR count). The fourth-order valence-corrected chi connectivity index (χ4v) is 0.940. The number of rotatable bonds is 1. The molecule has 1 fully saturated rings. The summed E-state index contributed by atoms with van der Waals surface area (Å²) >= 11 is 0. The maximum atomic E-state index is 4.26. The van der Waals surface area contributed by atoms with E-state index in [4.69, 9.17) is 0 Å². The first kappa shape index (κ1) is 8.94. The van der Waals surface area contributed by atoms with Gasteiger partial charge in [0.2, 0.25) is 0 Å². The number of nitrogens with zero attached hydrogens (tertiary/aromatic N) is 2. The molecule has 2 nitrogen and oxygen atoms in total. The molecule has 0 unspecified atom stereocenters. The van der Waals surface area contributed by atoms with Crippen LogP contribution in [0.5, 0.6) is 0 Å². The van der Waals surface area contributed by atoms with Gasteiger partial charge >= 0.3 is 51.4 Å². The molecule has 1 aromatic heterocycles. The van der Waals surface area contributed by atoms with Gasteiger partial charge in [-0.2, -0.15) is 11.5 Å². The van der Waals surface area contributed by atoms with Crippen molar-refractivity contribution in [1.82, 2.24) is 9.78 Å². The van der Waals surface area contributed by atoms with Crippen LogP contribution >= 0.6 is 0 Å². The van der Waals surface area contributed by atoms with Crippen LogP contribution in [0.2, 0.25) is 0 Å². The van der Waals surface area contributed by atoms with Gasteiger partial charge < -0.3 is 6.42 Å². The van der Waals surface area contributed by atoms with E-state index < -0.39 is 0 Å². The van der Waals surface area contributed by atoms with E-state index in [0.717, 1.165) is 0 Å². The monoisotopic (exact) mass is 160 g/mol. The Kier molecular flexibility index (Phi) is 3.12. The average Bonchev–Trinajstić information content (AvgIpc) is 2.58. The molecule has 1 aliphatic carbocycles. The summed E-state index contributed by atoms with van der Waals surface area (Å²) in [5.74, 6) is 0.672. The zero-order valence-corrected chi connectivity index (χ0v) is 9.53. The largest absolute Gasteiger partial charge is 1.00 e. The standard InChI is InChI=1S/C7H9N2.K/c1-9-5-4-7(8-9)6-2-3-6;/h2,4-6H,3H2,1H3;/q-1;+1/t6-;/m1./s1. The first-order valence-corrected chi connectivity index (χ1v) is 3.19. The Balaban J connectivity index is 0.000000500. The van der Waals surface area contributed by atoms with Crippen molar-refractivity contribution in [2.45, 2.75) is 12.3 Å². The van der Waals surface area contributed by atoms with Crippen LogP contribution in [0.3, 0.4) is 0 Å². The fraction of sp³-hybridized carbons (Fsp3) is 0.429. The second kappa shape index (κ2) is 3.50. The van der Waals surface area contributed by atoms with Gasteiger partial charge in [0.15, 0.2) is 0 Å². The van der Waals surface area contributed by atoms with Crippen molar-refractivity contribution >= 4 is 0 Å². The third-order valence-corrected chi connectivity index (χ3v) is 1.59. The van der Waals surface area contributed by atoms with Gasteiger partial charge in [-0.05, 0) is 6.07 Å². The second-order valence-corrected chi connectivity index (χ2v) is 2.49. The molecule has 10 heavy (non-hydrogen) atoms. The molecule has 0 radical (unpaired) electrons. The number of aryl methyl sites for hydroxylation is 1. The Labute approximate surface area is 103 Å². The third kappa shape index (κ3) is 1.92. The Morgan fingerprint density at radius 2 is 2.50 bits per heavy atom. The maximum Gasteiger partial charge on any atom is 1.00 e. The van der Waals surface area contributed by atoms with Gasteiger partial charge in [-0.15, -0.1) is 5.92 Å². The molecule has 3 heteroatoms. The van der Waals surface area contributed by atoms with Crippen molar-refractivity contribution in [2.75, 3.05) is 0 Å². The summed E-state index contributed by atoms with van der Waals surface area (Å²) in [5.41, 5.74) is 1.22. The van der Waals surface area contributed by atoms with Crippen LogP contribution in [0.25, 0.3) is 0 Å². The van der Waals surface area contributed by atoms with Crippen LogP contribution in [-0.2, 0) is 7.05 Å². The molecule has 1 aromatic rings. The molecule has 0 spiro atoms. The van der Waals surface area contributed by atoms with E-state index in [9.17, 15) is 0 Å². The molecule has 0 N–H and O–H groups in total. The van der Waals surface area contributed by atoms with Crippen LogP contribution in [0.1, 0.15) is 18.0 Å². The zero-order chi connectivity index (χ0) is 6.27. The van der Waals surface area contributed by atoms with E-state index in [2.05, 4.69) is 17.6 Å². The average molecular weight is 160 g/mol. The Hall–Kier alpha value is 0.846. The predicted octanol–water partition coefficient (Wildman–Crippen LogP) is -1.88. The van der Waals surface area contributed by atoms with Crippen molar-refractivity contribution in [2.24, 2.45) is 7.05 Å². The fourth-order valence-electron chi connectivity index (χ4n) is 0.940. The maximum absolute atomic E-state index is 4.26. The normalized spacial score (nSPS) is 21.9. The topological polar surface area (TPSA) is 17.8 Å². The molecule has 1 atom stereocenters. The molecule has 1 heterocycles. The summed E-state index contributed by atoms with van der Waals surface area (Å²) in [6, 6.07) is 2.08. The van der Waals surface area contributed by atoms with E-state index in [1.165, 1.54) is 12.1 Å². The Bertz CT molecular complexity index is 215. The first-order chi connectivity index (χ1) is 4.36. The summed E-state index contributed by atoms with van der Waals surface area (Å²) in [4.78, 5) is 0. The van der Waals surface area contributed by atoms with Crippen LogP contribution in [0.15, 0.2) is 12.3 Å². The van der Waals surface area contributed by atoms with Crippen LogP contribution in [-0.4, -0.2) is 9.78 Å². The van der Waals surface area contributed by atoms with E-state index in [-0.39, 0.29) is 51.4 Å². The van der Waals surface area contributed by atoms with Crippen molar-refractivity contribution in [3.05, 3.63) is 24.4 Å². The first-order valence-electron chi connectivity index (χ1n) is 3.19.